The van der Waals surface area contributed by atoms with Crippen molar-refractivity contribution < 1.29 is 4.79 Å². The van der Waals surface area contributed by atoms with E-state index in [0.29, 0.717) is 33.3 Å². The standard InChI is InChI=1S/C21H21ClN4OS/c1-3-25(4-2)12-13-26(20(27)16-10-8-15(14-23)9-11-16)21-24-19-17(22)6-5-7-18(19)28-21/h5-11H,3-4,12-13H2,1-2H3. The van der Waals surface area contributed by atoms with Crippen LogP contribution in [0, 0.1) is 11.3 Å². The smallest absolute Gasteiger partial charge is 0.260 e. The zero-order valence-electron chi connectivity index (χ0n) is 15.9. The first kappa shape index (κ1) is 20.3. The van der Waals surface area contributed by atoms with Crippen molar-refractivity contribution in [3.8, 4) is 6.07 Å². The average molecular weight is 413 g/mol. The topological polar surface area (TPSA) is 60.2 Å². The number of halogens is 1. The van der Waals surface area contributed by atoms with Gasteiger partial charge in [-0.1, -0.05) is 42.9 Å². The van der Waals surface area contributed by atoms with Crippen molar-refractivity contribution >= 4 is 44.2 Å². The number of nitrogens with zero attached hydrogens (tertiary/aromatic N) is 4. The SMILES string of the molecule is CCN(CC)CCN(C(=O)c1ccc(C#N)cc1)c1nc2c(Cl)cccc2s1. The van der Waals surface area contributed by atoms with Crippen LogP contribution in [0.25, 0.3) is 10.2 Å². The lowest BCUT2D eigenvalue weighted by Crippen LogP contribution is -2.38. The van der Waals surface area contributed by atoms with Crippen LogP contribution < -0.4 is 4.90 Å². The summed E-state index contributed by atoms with van der Waals surface area (Å²) in [7, 11) is 0. The van der Waals surface area contributed by atoms with Gasteiger partial charge in [0.1, 0.15) is 5.52 Å². The number of para-hydroxylation sites is 1. The Kier molecular flexibility index (Phi) is 6.63. The predicted octanol–water partition coefficient (Wildman–Crippen LogP) is 4.81. The van der Waals surface area contributed by atoms with Crippen LogP contribution in [0.2, 0.25) is 5.02 Å². The Morgan fingerprint density at radius 2 is 1.86 bits per heavy atom. The monoisotopic (exact) mass is 412 g/mol. The Labute approximate surface area is 173 Å². The Hall–Kier alpha value is -2.46. The normalized spacial score (nSPS) is 11.0. The van der Waals surface area contributed by atoms with Crippen molar-refractivity contribution in [2.45, 2.75) is 13.8 Å². The number of carbonyl (C=O) groups is 1. The van der Waals surface area contributed by atoms with E-state index in [1.807, 2.05) is 12.1 Å². The highest BCUT2D eigenvalue weighted by atomic mass is 35.5. The molecule has 0 atom stereocenters. The minimum atomic E-state index is -0.133. The third kappa shape index (κ3) is 4.33. The van der Waals surface area contributed by atoms with Gasteiger partial charge in [-0.2, -0.15) is 5.26 Å². The summed E-state index contributed by atoms with van der Waals surface area (Å²) in [5, 5.41) is 10.2. The molecule has 0 aliphatic rings. The van der Waals surface area contributed by atoms with Crippen molar-refractivity contribution in [3.05, 3.63) is 58.6 Å². The van der Waals surface area contributed by atoms with Gasteiger partial charge in [-0.15, -0.1) is 0 Å². The maximum Gasteiger partial charge on any atom is 0.260 e. The summed E-state index contributed by atoms with van der Waals surface area (Å²) >= 11 is 7.74. The maximum absolute atomic E-state index is 13.3. The molecule has 3 rings (SSSR count). The molecule has 5 nitrogen and oxygen atoms in total. The number of anilines is 1. The number of hydrogen-bond donors (Lipinski definition) is 0. The number of carbonyl (C=O) groups excluding carboxylic acids is 1. The first-order valence-electron chi connectivity index (χ1n) is 9.16. The molecule has 3 aromatic rings. The van der Waals surface area contributed by atoms with Crippen LogP contribution in [0.4, 0.5) is 5.13 Å². The van der Waals surface area contributed by atoms with Gasteiger partial charge < -0.3 is 4.90 Å². The fourth-order valence-electron chi connectivity index (χ4n) is 2.93. The lowest BCUT2D eigenvalue weighted by Gasteiger charge is -2.24. The molecule has 0 bridgehead atoms. The van der Waals surface area contributed by atoms with Crippen LogP contribution in [0.3, 0.4) is 0 Å². The number of benzene rings is 2. The van der Waals surface area contributed by atoms with E-state index in [4.69, 9.17) is 16.9 Å². The number of aromatic nitrogens is 1. The van der Waals surface area contributed by atoms with E-state index in [0.717, 1.165) is 24.3 Å². The summed E-state index contributed by atoms with van der Waals surface area (Å²) in [6.07, 6.45) is 0. The summed E-state index contributed by atoms with van der Waals surface area (Å²) in [5.74, 6) is -0.133. The summed E-state index contributed by atoms with van der Waals surface area (Å²) in [6.45, 7) is 7.32. The molecule has 144 valence electrons. The summed E-state index contributed by atoms with van der Waals surface area (Å²) in [5.41, 5.74) is 1.77. The van der Waals surface area contributed by atoms with Crippen molar-refractivity contribution in [2.75, 3.05) is 31.1 Å². The Morgan fingerprint density at radius 3 is 2.46 bits per heavy atom. The van der Waals surface area contributed by atoms with Crippen molar-refractivity contribution in [1.29, 1.82) is 5.26 Å². The second-order valence-corrected chi connectivity index (χ2v) is 7.67. The Balaban J connectivity index is 1.96. The van der Waals surface area contributed by atoms with E-state index in [-0.39, 0.29) is 5.91 Å². The van der Waals surface area contributed by atoms with Gasteiger partial charge in [0, 0.05) is 18.7 Å². The molecular weight excluding hydrogens is 392 g/mol. The zero-order chi connectivity index (χ0) is 20.1. The molecule has 28 heavy (non-hydrogen) atoms. The number of rotatable bonds is 7. The van der Waals surface area contributed by atoms with E-state index in [1.165, 1.54) is 11.3 Å². The lowest BCUT2D eigenvalue weighted by atomic mass is 10.1. The van der Waals surface area contributed by atoms with Gasteiger partial charge in [0.15, 0.2) is 5.13 Å². The van der Waals surface area contributed by atoms with Gasteiger partial charge in [0.2, 0.25) is 0 Å². The molecule has 0 spiro atoms. The largest absolute Gasteiger partial charge is 0.302 e. The first-order valence-corrected chi connectivity index (χ1v) is 10.4. The fourth-order valence-corrected chi connectivity index (χ4v) is 4.22. The highest BCUT2D eigenvalue weighted by Gasteiger charge is 2.22. The van der Waals surface area contributed by atoms with Crippen LogP contribution >= 0.6 is 22.9 Å². The number of hydrogen-bond acceptors (Lipinski definition) is 5. The second-order valence-electron chi connectivity index (χ2n) is 6.26. The minimum Gasteiger partial charge on any atom is -0.302 e. The van der Waals surface area contributed by atoms with Gasteiger partial charge in [-0.05, 0) is 49.5 Å². The van der Waals surface area contributed by atoms with Crippen molar-refractivity contribution in [3.63, 3.8) is 0 Å². The molecule has 1 amide bonds. The van der Waals surface area contributed by atoms with Crippen LogP contribution in [-0.4, -0.2) is 42.0 Å². The van der Waals surface area contributed by atoms with Crippen molar-refractivity contribution in [1.82, 2.24) is 9.88 Å². The summed E-state index contributed by atoms with van der Waals surface area (Å²) < 4.78 is 0.947. The highest BCUT2D eigenvalue weighted by molar-refractivity contribution is 7.22. The molecule has 0 radical (unpaired) electrons. The van der Waals surface area contributed by atoms with E-state index >= 15 is 0 Å². The molecule has 0 fully saturated rings. The minimum absolute atomic E-state index is 0.133. The third-order valence-electron chi connectivity index (χ3n) is 4.63. The molecular formula is C21H21ClN4OS. The zero-order valence-corrected chi connectivity index (χ0v) is 17.4. The van der Waals surface area contributed by atoms with Crippen LogP contribution in [0.5, 0.6) is 0 Å². The molecule has 1 heterocycles. The van der Waals surface area contributed by atoms with Crippen LogP contribution in [0.15, 0.2) is 42.5 Å². The summed E-state index contributed by atoms with van der Waals surface area (Å²) in [6, 6.07) is 14.4. The molecule has 1 aromatic heterocycles. The lowest BCUT2D eigenvalue weighted by molar-refractivity contribution is 0.0984. The maximum atomic E-state index is 13.3. The quantitative estimate of drug-likeness (QED) is 0.558. The van der Waals surface area contributed by atoms with Crippen LogP contribution in [-0.2, 0) is 0 Å². The van der Waals surface area contributed by atoms with Crippen molar-refractivity contribution in [2.24, 2.45) is 0 Å². The Morgan fingerprint density at radius 1 is 1.14 bits per heavy atom. The molecule has 0 N–H and O–H groups in total. The second kappa shape index (κ2) is 9.16. The van der Waals surface area contributed by atoms with Crippen LogP contribution in [0.1, 0.15) is 29.8 Å². The molecule has 0 aliphatic heterocycles. The molecule has 0 aliphatic carbocycles. The summed E-state index contributed by atoms with van der Waals surface area (Å²) in [4.78, 5) is 21.9. The number of nitriles is 1. The van der Waals surface area contributed by atoms with Gasteiger partial charge in [0.25, 0.3) is 5.91 Å². The van der Waals surface area contributed by atoms with E-state index in [2.05, 4.69) is 29.8 Å². The highest BCUT2D eigenvalue weighted by Crippen LogP contribution is 2.33. The number of amides is 1. The first-order chi connectivity index (χ1) is 13.6. The molecule has 0 unspecified atom stereocenters. The molecule has 2 aromatic carbocycles. The molecule has 7 heteroatoms. The fraction of sp³-hybridized carbons (Fsp3) is 0.286. The van der Waals surface area contributed by atoms with Gasteiger partial charge in [-0.25, -0.2) is 4.98 Å². The van der Waals surface area contributed by atoms with Gasteiger partial charge >= 0.3 is 0 Å². The van der Waals surface area contributed by atoms with Gasteiger partial charge in [-0.3, -0.25) is 9.69 Å². The average Bonchev–Trinajstić information content (AvgIpc) is 3.16. The van der Waals surface area contributed by atoms with E-state index in [1.54, 1.807) is 35.2 Å². The third-order valence-corrected chi connectivity index (χ3v) is 5.98. The van der Waals surface area contributed by atoms with E-state index < -0.39 is 0 Å². The predicted molar refractivity (Wildman–Crippen MR) is 115 cm³/mol. The molecule has 0 saturated heterocycles. The van der Waals surface area contributed by atoms with E-state index in [9.17, 15) is 4.79 Å². The number of fused-ring (bicyclic) bond motifs is 1. The number of likely N-dealkylation sites (N-methyl/N-ethyl adjacent to an activating group) is 1. The number of thiazole rings is 1. The van der Waals surface area contributed by atoms with Gasteiger partial charge in [0.05, 0.1) is 21.4 Å². The Bertz CT molecular complexity index is 1010. The molecule has 0 saturated carbocycles.